The first-order valence-electron chi connectivity index (χ1n) is 9.75. The van der Waals surface area contributed by atoms with Crippen LogP contribution in [-0.4, -0.2) is 47.2 Å². The molecular weight excluding hydrogens is 409 g/mol. The maximum Gasteiger partial charge on any atom is 0.270 e. The first-order valence-corrected chi connectivity index (χ1v) is 11.8. The molecule has 2 rings (SSSR count). The number of rotatable bonds is 10. The number of carbonyl (C=O) groups is 1. The van der Waals surface area contributed by atoms with E-state index in [-0.39, 0.29) is 18.0 Å². The molecule has 0 bridgehead atoms. The molecule has 0 fully saturated rings. The number of nitrogens with one attached hydrogen (secondary N) is 2. The summed E-state index contributed by atoms with van der Waals surface area (Å²) in [5.41, 5.74) is 2.32. The molecule has 1 amide bonds. The van der Waals surface area contributed by atoms with E-state index >= 15 is 0 Å². The summed E-state index contributed by atoms with van der Waals surface area (Å²) in [6.07, 6.45) is 10.9. The van der Waals surface area contributed by atoms with E-state index in [1.165, 1.54) is 12.2 Å². The Morgan fingerprint density at radius 2 is 1.90 bits per heavy atom. The fourth-order valence-electron chi connectivity index (χ4n) is 2.85. The highest BCUT2D eigenvalue weighted by atomic mass is 31.2. The maximum absolute atomic E-state index is 13.4. The van der Waals surface area contributed by atoms with Crippen molar-refractivity contribution in [3.63, 3.8) is 0 Å². The number of hydrogen-bond acceptors (Lipinski definition) is 4. The third-order valence-electron chi connectivity index (χ3n) is 4.57. The molecule has 1 aliphatic carbocycles. The topological polar surface area (TPSA) is 81.6 Å². The third kappa shape index (κ3) is 8.76. The summed E-state index contributed by atoms with van der Waals surface area (Å²) in [7, 11) is -2.95. The van der Waals surface area contributed by atoms with E-state index in [4.69, 9.17) is 0 Å². The van der Waals surface area contributed by atoms with E-state index in [0.717, 1.165) is 18.1 Å². The summed E-state index contributed by atoms with van der Waals surface area (Å²) in [6, 6.07) is 7.17. The first kappa shape index (κ1) is 24.2. The average Bonchev–Trinajstić information content (AvgIpc) is 2.91. The molecule has 1 aromatic rings. The highest BCUT2D eigenvalue weighted by molar-refractivity contribution is 7.62. The van der Waals surface area contributed by atoms with Gasteiger partial charge in [-0.3, -0.25) is 4.79 Å². The van der Waals surface area contributed by atoms with Crippen molar-refractivity contribution < 1.29 is 23.4 Å². The lowest BCUT2D eigenvalue weighted by Gasteiger charge is -2.10. The number of alkyl halides is 2. The third-order valence-corrected chi connectivity index (χ3v) is 5.61. The van der Waals surface area contributed by atoms with Crippen LogP contribution >= 0.6 is 7.34 Å². The smallest absolute Gasteiger partial charge is 0.270 e. The minimum atomic E-state index is -2.95. The Balaban J connectivity index is 1.80. The Morgan fingerprint density at radius 3 is 2.53 bits per heavy atom. The average molecular weight is 438 g/mol. The Bertz CT molecular complexity index is 865. The highest BCUT2D eigenvalue weighted by Crippen LogP contribution is 2.33. The van der Waals surface area contributed by atoms with E-state index in [2.05, 4.69) is 16.9 Å². The molecule has 1 aromatic carbocycles. The summed E-state index contributed by atoms with van der Waals surface area (Å²) >= 11 is 0. The van der Waals surface area contributed by atoms with Crippen molar-refractivity contribution in [2.24, 2.45) is 0 Å². The van der Waals surface area contributed by atoms with Crippen molar-refractivity contribution in [1.82, 2.24) is 10.6 Å². The molecule has 0 spiro atoms. The van der Waals surface area contributed by atoms with Gasteiger partial charge in [-0.1, -0.05) is 42.7 Å². The number of carbonyl (C=O) groups excluding carboxylic acids is 1. The molecule has 0 atom stereocenters. The molecule has 8 heteroatoms. The summed E-state index contributed by atoms with van der Waals surface area (Å²) < 4.78 is 26.8. The minimum absolute atomic E-state index is 0.0481. The molecular formula is C22H29F2N2O3P. The van der Waals surface area contributed by atoms with Crippen molar-refractivity contribution in [3.8, 4) is 0 Å². The van der Waals surface area contributed by atoms with Crippen LogP contribution in [0.5, 0.6) is 0 Å². The second-order valence-electron chi connectivity index (χ2n) is 7.45. The van der Waals surface area contributed by atoms with Crippen molar-refractivity contribution >= 4 is 19.5 Å². The zero-order chi connectivity index (χ0) is 22.2. The molecule has 0 saturated heterocycles. The normalized spacial score (nSPS) is 14.7. The lowest BCUT2D eigenvalue weighted by Crippen LogP contribution is -2.25. The van der Waals surface area contributed by atoms with Gasteiger partial charge in [0.05, 0.1) is 0 Å². The second kappa shape index (κ2) is 10.8. The molecule has 164 valence electrons. The monoisotopic (exact) mass is 438 g/mol. The SMILES string of the molecule is C=P(O)(O)CCCNCc1ccc(C(=O)NCC2=CC=C(C(C)(F)F)C=CC2)cc1. The number of hydrogen-bond donors (Lipinski definition) is 4. The minimum Gasteiger partial charge on any atom is -0.353 e. The van der Waals surface area contributed by atoms with Crippen molar-refractivity contribution in [3.05, 3.63) is 70.8 Å². The number of benzene rings is 1. The van der Waals surface area contributed by atoms with Crippen molar-refractivity contribution in [2.75, 3.05) is 19.3 Å². The van der Waals surface area contributed by atoms with Gasteiger partial charge in [-0.25, -0.2) is 8.78 Å². The number of allylic oxidation sites excluding steroid dienone is 5. The molecule has 0 radical (unpaired) electrons. The van der Waals surface area contributed by atoms with Gasteiger partial charge in [0, 0.05) is 37.3 Å². The zero-order valence-electron chi connectivity index (χ0n) is 17.1. The molecule has 1 aliphatic rings. The summed E-state index contributed by atoms with van der Waals surface area (Å²) in [4.78, 5) is 30.8. The van der Waals surface area contributed by atoms with E-state index < -0.39 is 13.3 Å². The predicted octanol–water partition coefficient (Wildman–Crippen LogP) is 3.63. The van der Waals surface area contributed by atoms with Crippen LogP contribution in [0.25, 0.3) is 0 Å². The first-order chi connectivity index (χ1) is 14.0. The Kier molecular flexibility index (Phi) is 8.74. The Labute approximate surface area is 176 Å². The van der Waals surface area contributed by atoms with Gasteiger partial charge < -0.3 is 20.4 Å². The molecule has 0 unspecified atom stereocenters. The lowest BCUT2D eigenvalue weighted by atomic mass is 10.1. The van der Waals surface area contributed by atoms with Gasteiger partial charge in [-0.15, -0.1) is 0 Å². The van der Waals surface area contributed by atoms with Gasteiger partial charge in [0.2, 0.25) is 0 Å². The lowest BCUT2D eigenvalue weighted by molar-refractivity contribution is 0.0675. The van der Waals surface area contributed by atoms with Crippen LogP contribution < -0.4 is 10.6 Å². The number of amides is 1. The van der Waals surface area contributed by atoms with Gasteiger partial charge in [-0.2, -0.15) is 0 Å². The van der Waals surface area contributed by atoms with E-state index in [1.807, 2.05) is 12.1 Å². The molecule has 0 aromatic heterocycles. The van der Waals surface area contributed by atoms with E-state index in [1.54, 1.807) is 24.3 Å². The van der Waals surface area contributed by atoms with Gasteiger partial charge in [0.25, 0.3) is 11.8 Å². The fraction of sp³-hybridized carbons (Fsp3) is 0.364. The Morgan fingerprint density at radius 1 is 1.20 bits per heavy atom. The van der Waals surface area contributed by atoms with E-state index in [9.17, 15) is 23.4 Å². The van der Waals surface area contributed by atoms with Crippen LogP contribution in [0.1, 0.15) is 35.7 Å². The molecule has 5 nitrogen and oxygen atoms in total. The summed E-state index contributed by atoms with van der Waals surface area (Å²) in [5, 5.41) is 6.03. The maximum atomic E-state index is 13.4. The van der Waals surface area contributed by atoms with Crippen LogP contribution in [0.4, 0.5) is 8.78 Å². The van der Waals surface area contributed by atoms with Crippen LogP contribution in [0.2, 0.25) is 0 Å². The van der Waals surface area contributed by atoms with E-state index in [0.29, 0.717) is 37.7 Å². The van der Waals surface area contributed by atoms with Crippen LogP contribution in [-0.2, 0) is 6.54 Å². The molecule has 30 heavy (non-hydrogen) atoms. The molecule has 4 N–H and O–H groups in total. The summed E-state index contributed by atoms with van der Waals surface area (Å²) in [6.45, 7) is 2.40. The van der Waals surface area contributed by atoms with Gasteiger partial charge in [0.1, 0.15) is 7.34 Å². The van der Waals surface area contributed by atoms with Crippen molar-refractivity contribution in [1.29, 1.82) is 0 Å². The fourth-order valence-corrected chi connectivity index (χ4v) is 3.52. The standard InChI is InChI=1S/C22H29F2N2O3P/c1-22(23,24)20-6-3-5-17(9-12-20)16-26-21(27)19-10-7-18(8-11-19)15-25-13-4-14-30(2,28)29/h3,6-12,25,28-29H,2,4-5,13-16H2,1H3,(H,26,27). The van der Waals surface area contributed by atoms with Crippen molar-refractivity contribution in [2.45, 2.75) is 32.2 Å². The predicted molar refractivity (Wildman–Crippen MR) is 119 cm³/mol. The van der Waals surface area contributed by atoms with Gasteiger partial charge >= 0.3 is 0 Å². The Hall–Kier alpha value is -2.05. The molecule has 0 heterocycles. The molecule has 0 aliphatic heterocycles. The van der Waals surface area contributed by atoms with Crippen LogP contribution in [0, 0.1) is 0 Å². The molecule has 0 saturated carbocycles. The second-order valence-corrected chi connectivity index (χ2v) is 9.66. The zero-order valence-corrected chi connectivity index (χ0v) is 18.0. The van der Waals surface area contributed by atoms with Gasteiger partial charge in [0.15, 0.2) is 0 Å². The number of halogens is 2. The highest BCUT2D eigenvalue weighted by Gasteiger charge is 2.25. The largest absolute Gasteiger partial charge is 0.353 e. The van der Waals surface area contributed by atoms with Crippen LogP contribution in [0.15, 0.2) is 59.7 Å². The van der Waals surface area contributed by atoms with Crippen LogP contribution in [0.3, 0.4) is 0 Å². The van der Waals surface area contributed by atoms with Gasteiger partial charge in [-0.05, 0) is 42.7 Å². The summed E-state index contributed by atoms with van der Waals surface area (Å²) in [5.74, 6) is -3.12. The quantitative estimate of drug-likeness (QED) is 0.332.